The van der Waals surface area contributed by atoms with Crippen molar-refractivity contribution in [1.82, 2.24) is 15.1 Å². The fraction of sp³-hybridized carbons (Fsp3) is 0.556. The monoisotopic (exact) mass is 272 g/mol. The Morgan fingerprint density at radius 3 is 2.58 bits per heavy atom. The van der Waals surface area contributed by atoms with E-state index in [4.69, 9.17) is 0 Å². The van der Waals surface area contributed by atoms with Gasteiger partial charge in [-0.05, 0) is 0 Å². The fourth-order valence-corrected chi connectivity index (χ4v) is 1.18. The van der Waals surface area contributed by atoms with Crippen LogP contribution in [0.1, 0.15) is 0 Å². The van der Waals surface area contributed by atoms with Gasteiger partial charge in [0.05, 0.1) is 6.61 Å². The molecule has 0 spiro atoms. The number of aliphatic imine (C=N–C) groups is 1. The lowest BCUT2D eigenvalue weighted by atomic mass is 10.5. The molecule has 1 rings (SSSR count). The van der Waals surface area contributed by atoms with Crippen molar-refractivity contribution in [2.45, 2.75) is 0 Å². The zero-order valence-electron chi connectivity index (χ0n) is 10.1. The summed E-state index contributed by atoms with van der Waals surface area (Å²) in [6.45, 7) is -0.391. The summed E-state index contributed by atoms with van der Waals surface area (Å²) in [6.07, 6.45) is 0.435. The molecule has 19 heavy (non-hydrogen) atoms. The molecule has 1 N–H and O–H groups in total. The summed E-state index contributed by atoms with van der Waals surface area (Å²) in [6, 6.07) is -1.33. The molecular formula is C9H12N4O6. The maximum Gasteiger partial charge on any atom is 0.408 e. The Kier molecular flexibility index (Phi) is 5.45. The van der Waals surface area contributed by atoms with Crippen LogP contribution in [-0.4, -0.2) is 67.7 Å². The van der Waals surface area contributed by atoms with E-state index in [1.807, 2.05) is 0 Å². The molecule has 0 aromatic heterocycles. The Hall–Kier alpha value is -2.45. The topological polar surface area (TPSA) is 118 Å². The average Bonchev–Trinajstić information content (AvgIpc) is 2.39. The van der Waals surface area contributed by atoms with E-state index in [9.17, 15) is 19.2 Å². The molecule has 0 saturated carbocycles. The summed E-state index contributed by atoms with van der Waals surface area (Å²) < 4.78 is 9.32. The maximum absolute atomic E-state index is 11.4. The Bertz CT molecular complexity index is 403. The van der Waals surface area contributed by atoms with Crippen molar-refractivity contribution in [3.8, 4) is 0 Å². The third kappa shape index (κ3) is 3.76. The van der Waals surface area contributed by atoms with Crippen molar-refractivity contribution in [1.29, 1.82) is 0 Å². The zero-order valence-corrected chi connectivity index (χ0v) is 10.1. The van der Waals surface area contributed by atoms with Gasteiger partial charge in [-0.25, -0.2) is 29.0 Å². The second-order valence-corrected chi connectivity index (χ2v) is 3.28. The predicted molar refractivity (Wildman–Crippen MR) is 58.7 cm³/mol. The highest BCUT2D eigenvalue weighted by Gasteiger charge is 2.43. The van der Waals surface area contributed by atoms with Crippen molar-refractivity contribution in [3.63, 3.8) is 0 Å². The number of isocyanates is 1. The van der Waals surface area contributed by atoms with Crippen molar-refractivity contribution >= 4 is 24.2 Å². The average molecular weight is 272 g/mol. The molecule has 0 aromatic carbocycles. The number of nitrogens with one attached hydrogen (secondary N) is 1. The summed E-state index contributed by atoms with van der Waals surface area (Å²) in [5, 5.41) is 2.21. The predicted octanol–water partition coefficient (Wildman–Crippen LogP) is -0.533. The SMILES string of the molecule is COCCOC(=O)NCN1C(=O)N(CN=C=O)C1=O. The van der Waals surface area contributed by atoms with Crippen LogP contribution >= 0.6 is 0 Å². The lowest BCUT2D eigenvalue weighted by Crippen LogP contribution is -2.65. The summed E-state index contributed by atoms with van der Waals surface area (Å²) >= 11 is 0. The number of ether oxygens (including phenoxy) is 2. The quantitative estimate of drug-likeness (QED) is 0.378. The molecule has 0 radical (unpaired) electrons. The van der Waals surface area contributed by atoms with E-state index in [1.54, 1.807) is 0 Å². The van der Waals surface area contributed by atoms with E-state index < -0.39 is 18.2 Å². The second kappa shape index (κ2) is 7.09. The minimum Gasteiger partial charge on any atom is -0.447 e. The van der Waals surface area contributed by atoms with Gasteiger partial charge in [-0.1, -0.05) is 0 Å². The van der Waals surface area contributed by atoms with Gasteiger partial charge >= 0.3 is 18.2 Å². The highest BCUT2D eigenvalue weighted by Crippen LogP contribution is 2.14. The highest BCUT2D eigenvalue weighted by atomic mass is 16.6. The number of amides is 5. The smallest absolute Gasteiger partial charge is 0.408 e. The van der Waals surface area contributed by atoms with Gasteiger partial charge in [0.2, 0.25) is 6.08 Å². The van der Waals surface area contributed by atoms with Crippen molar-refractivity contribution in [2.24, 2.45) is 4.99 Å². The van der Waals surface area contributed by atoms with Gasteiger partial charge in [0, 0.05) is 7.11 Å². The Balaban J connectivity index is 2.28. The molecule has 10 nitrogen and oxygen atoms in total. The first-order valence-electron chi connectivity index (χ1n) is 5.18. The number of alkyl carbamates (subject to hydrolysis) is 1. The Morgan fingerprint density at radius 1 is 1.32 bits per heavy atom. The Labute approximate surface area is 107 Å². The van der Waals surface area contributed by atoms with Gasteiger partial charge in [0.25, 0.3) is 0 Å². The van der Waals surface area contributed by atoms with Crippen LogP contribution in [0.15, 0.2) is 4.99 Å². The van der Waals surface area contributed by atoms with Crippen LogP contribution < -0.4 is 5.32 Å². The molecule has 0 atom stereocenters. The number of hydrogen-bond donors (Lipinski definition) is 1. The van der Waals surface area contributed by atoms with Gasteiger partial charge in [-0.3, -0.25) is 0 Å². The Morgan fingerprint density at radius 2 is 2.00 bits per heavy atom. The summed E-state index contributed by atoms with van der Waals surface area (Å²) in [5.41, 5.74) is 0. The fourth-order valence-electron chi connectivity index (χ4n) is 1.18. The van der Waals surface area contributed by atoms with E-state index in [2.05, 4.69) is 19.8 Å². The molecular weight excluding hydrogens is 260 g/mol. The molecule has 104 valence electrons. The summed E-state index contributed by atoms with van der Waals surface area (Å²) in [5.74, 6) is 0. The minimum absolute atomic E-state index is 0.0599. The van der Waals surface area contributed by atoms with E-state index in [0.29, 0.717) is 0 Å². The standard InChI is InChI=1S/C9H12N4O6/c1-18-2-3-19-7(15)11-5-13-8(16)12(9(13)17)4-10-6-14/h2-5H2,1H3,(H,11,15). The number of urea groups is 2. The maximum atomic E-state index is 11.4. The second-order valence-electron chi connectivity index (χ2n) is 3.28. The first-order chi connectivity index (χ1) is 9.11. The van der Waals surface area contributed by atoms with Crippen LogP contribution in [0.3, 0.4) is 0 Å². The van der Waals surface area contributed by atoms with E-state index >= 15 is 0 Å². The molecule has 5 amide bonds. The number of hydrogen-bond acceptors (Lipinski definition) is 7. The van der Waals surface area contributed by atoms with Crippen LogP contribution in [0.5, 0.6) is 0 Å². The van der Waals surface area contributed by atoms with E-state index in [0.717, 1.165) is 9.80 Å². The molecule has 0 aliphatic carbocycles. The van der Waals surface area contributed by atoms with Crippen LogP contribution in [-0.2, 0) is 14.3 Å². The first-order valence-corrected chi connectivity index (χ1v) is 5.18. The number of methoxy groups -OCH3 is 1. The van der Waals surface area contributed by atoms with Gasteiger partial charge in [0.15, 0.2) is 0 Å². The molecule has 1 aliphatic heterocycles. The number of imide groups is 2. The molecule has 0 bridgehead atoms. The van der Waals surface area contributed by atoms with Crippen LogP contribution in [0.25, 0.3) is 0 Å². The van der Waals surface area contributed by atoms with E-state index in [-0.39, 0.29) is 26.6 Å². The van der Waals surface area contributed by atoms with Crippen molar-refractivity contribution in [2.75, 3.05) is 33.7 Å². The van der Waals surface area contributed by atoms with E-state index in [1.165, 1.54) is 13.2 Å². The minimum atomic E-state index is -0.776. The van der Waals surface area contributed by atoms with Crippen LogP contribution in [0.4, 0.5) is 14.4 Å². The highest BCUT2D eigenvalue weighted by molar-refractivity contribution is 6.11. The first kappa shape index (κ1) is 14.6. The van der Waals surface area contributed by atoms with Crippen LogP contribution in [0.2, 0.25) is 0 Å². The largest absolute Gasteiger partial charge is 0.447 e. The summed E-state index contributed by atoms with van der Waals surface area (Å²) in [7, 11) is 1.45. The van der Waals surface area contributed by atoms with Crippen molar-refractivity contribution in [3.05, 3.63) is 0 Å². The molecule has 0 aromatic rings. The molecule has 1 saturated heterocycles. The molecule has 10 heteroatoms. The van der Waals surface area contributed by atoms with Gasteiger partial charge < -0.3 is 14.8 Å². The van der Waals surface area contributed by atoms with Gasteiger partial charge in [-0.2, -0.15) is 4.99 Å². The zero-order chi connectivity index (χ0) is 14.3. The molecule has 0 unspecified atom stereocenters. The number of rotatable bonds is 7. The van der Waals surface area contributed by atoms with Gasteiger partial charge in [-0.15, -0.1) is 0 Å². The molecule has 1 aliphatic rings. The van der Waals surface area contributed by atoms with Crippen molar-refractivity contribution < 1.29 is 28.7 Å². The number of carbonyl (C=O) groups is 3. The molecule has 1 heterocycles. The van der Waals surface area contributed by atoms with Crippen LogP contribution in [0, 0.1) is 0 Å². The summed E-state index contributed by atoms with van der Waals surface area (Å²) in [4.78, 5) is 48.3. The normalized spacial score (nSPS) is 13.7. The third-order valence-electron chi connectivity index (χ3n) is 2.10. The lowest BCUT2D eigenvalue weighted by Gasteiger charge is -2.37. The number of nitrogens with zero attached hydrogens (tertiary/aromatic N) is 3. The third-order valence-corrected chi connectivity index (χ3v) is 2.10. The lowest BCUT2D eigenvalue weighted by molar-refractivity contribution is 0.0870. The molecule has 1 fully saturated rings. The number of carbonyl (C=O) groups excluding carboxylic acids is 4. The van der Waals surface area contributed by atoms with Gasteiger partial charge in [0.1, 0.15) is 19.9 Å².